The molecule has 0 radical (unpaired) electrons. The summed E-state index contributed by atoms with van der Waals surface area (Å²) in [6.45, 7) is 2.32. The van der Waals surface area contributed by atoms with E-state index in [9.17, 15) is 9.59 Å². The Balaban J connectivity index is 1.74. The molecule has 0 fully saturated rings. The van der Waals surface area contributed by atoms with Crippen molar-refractivity contribution in [1.82, 2.24) is 15.5 Å². The van der Waals surface area contributed by atoms with Gasteiger partial charge in [-0.2, -0.15) is 4.98 Å². The first kappa shape index (κ1) is 17.7. The van der Waals surface area contributed by atoms with Gasteiger partial charge >= 0.3 is 5.97 Å². The van der Waals surface area contributed by atoms with E-state index in [0.717, 1.165) is 24.8 Å². The average molecular weight is 331 g/mol. The molecular formula is C17H21N3O4. The highest BCUT2D eigenvalue weighted by Crippen LogP contribution is 2.17. The maximum Gasteiger partial charge on any atom is 0.305 e. The Morgan fingerprint density at radius 2 is 1.92 bits per heavy atom. The van der Waals surface area contributed by atoms with Gasteiger partial charge in [0.1, 0.15) is 0 Å². The fourth-order valence-corrected chi connectivity index (χ4v) is 2.16. The van der Waals surface area contributed by atoms with Gasteiger partial charge in [0.2, 0.25) is 0 Å². The zero-order valence-corrected chi connectivity index (χ0v) is 13.9. The minimum absolute atomic E-state index is 0.128. The second-order valence-corrected chi connectivity index (χ2v) is 5.37. The third-order valence-electron chi connectivity index (χ3n) is 3.49. The summed E-state index contributed by atoms with van der Waals surface area (Å²) in [5, 5.41) is 6.60. The van der Waals surface area contributed by atoms with Crippen LogP contribution in [-0.4, -0.2) is 35.7 Å². The molecule has 128 valence electrons. The number of nitrogens with one attached hydrogen (secondary N) is 1. The molecule has 0 saturated carbocycles. The lowest BCUT2D eigenvalue weighted by atomic mass is 10.1. The Hall–Kier alpha value is -2.70. The van der Waals surface area contributed by atoms with E-state index in [2.05, 4.69) is 20.2 Å². The van der Waals surface area contributed by atoms with E-state index in [4.69, 9.17) is 4.52 Å². The maximum atomic E-state index is 12.0. The van der Waals surface area contributed by atoms with Crippen LogP contribution in [0.4, 0.5) is 0 Å². The van der Waals surface area contributed by atoms with E-state index >= 15 is 0 Å². The first-order valence-electron chi connectivity index (χ1n) is 7.86. The molecule has 1 amide bonds. The lowest BCUT2D eigenvalue weighted by Gasteiger charge is -2.05. The third-order valence-corrected chi connectivity index (χ3v) is 3.49. The van der Waals surface area contributed by atoms with E-state index in [1.165, 1.54) is 7.11 Å². The van der Waals surface area contributed by atoms with Crippen molar-refractivity contribution in [2.45, 2.75) is 32.6 Å². The van der Waals surface area contributed by atoms with E-state index in [0.29, 0.717) is 30.2 Å². The van der Waals surface area contributed by atoms with Crippen LogP contribution in [0.15, 0.2) is 28.8 Å². The quantitative estimate of drug-likeness (QED) is 0.590. The zero-order valence-electron chi connectivity index (χ0n) is 13.9. The topological polar surface area (TPSA) is 94.3 Å². The third kappa shape index (κ3) is 5.19. The summed E-state index contributed by atoms with van der Waals surface area (Å²) in [6, 6.07) is 7.00. The highest BCUT2D eigenvalue weighted by molar-refractivity contribution is 5.94. The van der Waals surface area contributed by atoms with Crippen LogP contribution in [-0.2, 0) is 9.53 Å². The lowest BCUT2D eigenvalue weighted by molar-refractivity contribution is -0.140. The molecule has 1 aromatic carbocycles. The van der Waals surface area contributed by atoms with Crippen LogP contribution in [0.3, 0.4) is 0 Å². The van der Waals surface area contributed by atoms with Crippen molar-refractivity contribution < 1.29 is 18.8 Å². The zero-order chi connectivity index (χ0) is 17.4. The number of hydrogen-bond acceptors (Lipinski definition) is 6. The Labute approximate surface area is 140 Å². The number of nitrogens with zero attached hydrogens (tertiary/aromatic N) is 2. The van der Waals surface area contributed by atoms with Gasteiger partial charge < -0.3 is 14.6 Å². The van der Waals surface area contributed by atoms with Crippen molar-refractivity contribution in [3.8, 4) is 11.5 Å². The summed E-state index contributed by atoms with van der Waals surface area (Å²) in [4.78, 5) is 27.2. The summed E-state index contributed by atoms with van der Waals surface area (Å²) < 4.78 is 9.66. The molecule has 0 atom stereocenters. The van der Waals surface area contributed by atoms with Gasteiger partial charge in [0, 0.05) is 24.1 Å². The van der Waals surface area contributed by atoms with E-state index in [1.54, 1.807) is 31.2 Å². The number of benzene rings is 1. The van der Waals surface area contributed by atoms with Crippen molar-refractivity contribution in [3.63, 3.8) is 0 Å². The van der Waals surface area contributed by atoms with Crippen LogP contribution in [0.2, 0.25) is 0 Å². The second kappa shape index (κ2) is 8.81. The summed E-state index contributed by atoms with van der Waals surface area (Å²) in [5.41, 5.74) is 1.35. The van der Waals surface area contributed by atoms with Gasteiger partial charge in [0.25, 0.3) is 11.8 Å². The number of esters is 1. The molecule has 1 N–H and O–H groups in total. The van der Waals surface area contributed by atoms with E-state index < -0.39 is 0 Å². The lowest BCUT2D eigenvalue weighted by Crippen LogP contribution is -2.24. The van der Waals surface area contributed by atoms with E-state index in [1.807, 2.05) is 0 Å². The molecule has 0 aliphatic rings. The molecule has 0 unspecified atom stereocenters. The smallest absolute Gasteiger partial charge is 0.305 e. The van der Waals surface area contributed by atoms with Crippen LogP contribution < -0.4 is 5.32 Å². The predicted octanol–water partition coefficient (Wildman–Crippen LogP) is 2.51. The van der Waals surface area contributed by atoms with Gasteiger partial charge in [-0.3, -0.25) is 9.59 Å². The number of methoxy groups -OCH3 is 1. The molecule has 0 aliphatic carbocycles. The van der Waals surface area contributed by atoms with Crippen LogP contribution >= 0.6 is 0 Å². The fourth-order valence-electron chi connectivity index (χ4n) is 2.16. The molecule has 2 rings (SSSR count). The van der Waals surface area contributed by atoms with Crippen LogP contribution in [0.5, 0.6) is 0 Å². The molecule has 0 saturated heterocycles. The van der Waals surface area contributed by atoms with Crippen molar-refractivity contribution in [1.29, 1.82) is 0 Å². The number of rotatable bonds is 8. The Morgan fingerprint density at radius 1 is 1.17 bits per heavy atom. The fraction of sp³-hybridized carbons (Fsp3) is 0.412. The minimum Gasteiger partial charge on any atom is -0.469 e. The highest BCUT2D eigenvalue weighted by atomic mass is 16.5. The number of aryl methyl sites for hydroxylation is 1. The second-order valence-electron chi connectivity index (χ2n) is 5.37. The summed E-state index contributed by atoms with van der Waals surface area (Å²) in [7, 11) is 1.38. The number of amides is 1. The van der Waals surface area contributed by atoms with E-state index in [-0.39, 0.29) is 11.9 Å². The van der Waals surface area contributed by atoms with Crippen molar-refractivity contribution in [2.24, 2.45) is 0 Å². The van der Waals surface area contributed by atoms with Crippen LogP contribution in [0.1, 0.15) is 41.9 Å². The Bertz CT molecular complexity index is 679. The minimum atomic E-state index is -0.199. The van der Waals surface area contributed by atoms with Gasteiger partial charge in [-0.15, -0.1) is 0 Å². The first-order chi connectivity index (χ1) is 11.6. The number of aromatic nitrogens is 2. The molecule has 2 aromatic rings. The average Bonchev–Trinajstić information content (AvgIpc) is 3.04. The van der Waals surface area contributed by atoms with Gasteiger partial charge in [0.05, 0.1) is 7.11 Å². The van der Waals surface area contributed by atoms with Crippen LogP contribution in [0, 0.1) is 6.92 Å². The Kier molecular flexibility index (Phi) is 6.48. The monoisotopic (exact) mass is 331 g/mol. The number of hydrogen-bond donors (Lipinski definition) is 1. The molecular weight excluding hydrogens is 310 g/mol. The van der Waals surface area contributed by atoms with Gasteiger partial charge in [-0.05, 0) is 44.0 Å². The molecule has 7 nitrogen and oxygen atoms in total. The maximum absolute atomic E-state index is 12.0. The molecule has 1 heterocycles. The molecule has 0 bridgehead atoms. The van der Waals surface area contributed by atoms with Crippen molar-refractivity contribution in [2.75, 3.05) is 13.7 Å². The largest absolute Gasteiger partial charge is 0.469 e. The number of carbonyl (C=O) groups excluding carboxylic acids is 2. The number of ether oxygens (including phenoxy) is 1. The SMILES string of the molecule is COC(=O)CCCCCNC(=O)c1ccc(-c2nc(C)no2)cc1. The Morgan fingerprint density at radius 3 is 2.54 bits per heavy atom. The molecule has 0 spiro atoms. The first-order valence-corrected chi connectivity index (χ1v) is 7.86. The number of unbranched alkanes of at least 4 members (excludes halogenated alkanes) is 2. The summed E-state index contributed by atoms with van der Waals surface area (Å²) >= 11 is 0. The molecule has 0 aliphatic heterocycles. The van der Waals surface area contributed by atoms with Crippen molar-refractivity contribution in [3.05, 3.63) is 35.7 Å². The standard InChI is InChI=1S/C17H21N3O4/c1-12-19-17(24-20-12)14-9-7-13(8-10-14)16(22)18-11-5-3-4-6-15(21)23-2/h7-10H,3-6,11H2,1-2H3,(H,18,22). The number of carbonyl (C=O) groups is 2. The summed E-state index contributed by atoms with van der Waals surface area (Å²) in [5.74, 6) is 0.677. The summed E-state index contributed by atoms with van der Waals surface area (Å²) in [6.07, 6.45) is 2.87. The van der Waals surface area contributed by atoms with Gasteiger partial charge in [-0.1, -0.05) is 11.6 Å². The highest BCUT2D eigenvalue weighted by Gasteiger charge is 2.09. The molecule has 7 heteroatoms. The normalized spacial score (nSPS) is 10.4. The predicted molar refractivity (Wildman–Crippen MR) is 87.3 cm³/mol. The van der Waals surface area contributed by atoms with Crippen molar-refractivity contribution >= 4 is 11.9 Å². The van der Waals surface area contributed by atoms with Crippen LogP contribution in [0.25, 0.3) is 11.5 Å². The molecule has 1 aromatic heterocycles. The van der Waals surface area contributed by atoms with Gasteiger partial charge in [0.15, 0.2) is 5.82 Å². The molecule has 24 heavy (non-hydrogen) atoms. The van der Waals surface area contributed by atoms with Gasteiger partial charge in [-0.25, -0.2) is 0 Å².